The summed E-state index contributed by atoms with van der Waals surface area (Å²) in [6, 6.07) is 19.0. The molecule has 0 saturated heterocycles. The molecule has 3 aromatic carbocycles. The Hall–Kier alpha value is -3.14. The predicted octanol–water partition coefficient (Wildman–Crippen LogP) is 4.49. The van der Waals surface area contributed by atoms with Crippen LogP contribution in [0.5, 0.6) is 0 Å². The predicted molar refractivity (Wildman–Crippen MR) is 107 cm³/mol. The molecule has 0 aromatic heterocycles. The minimum absolute atomic E-state index is 0.159. The summed E-state index contributed by atoms with van der Waals surface area (Å²) in [6.45, 7) is 5.69. The van der Waals surface area contributed by atoms with Gasteiger partial charge < -0.3 is 10.1 Å². The Morgan fingerprint density at radius 2 is 1.70 bits per heavy atom. The molecule has 0 heterocycles. The summed E-state index contributed by atoms with van der Waals surface area (Å²) in [6.07, 6.45) is 0. The number of ether oxygens (including phenoxy) is 1. The van der Waals surface area contributed by atoms with E-state index in [-0.39, 0.29) is 18.6 Å². The van der Waals surface area contributed by atoms with Gasteiger partial charge in [-0.15, -0.1) is 0 Å². The Morgan fingerprint density at radius 1 is 0.963 bits per heavy atom. The molecule has 0 saturated carbocycles. The molecule has 0 radical (unpaired) electrons. The highest BCUT2D eigenvalue weighted by Gasteiger charge is 2.15. The molecule has 0 spiro atoms. The van der Waals surface area contributed by atoms with Crippen LogP contribution in [0, 0.1) is 13.8 Å². The molecule has 1 amide bonds. The number of fused-ring (bicyclic) bond motifs is 1. The van der Waals surface area contributed by atoms with Gasteiger partial charge in [0.2, 0.25) is 0 Å². The van der Waals surface area contributed by atoms with Crippen LogP contribution in [0.1, 0.15) is 40.0 Å². The second-order valence-corrected chi connectivity index (χ2v) is 6.74. The van der Waals surface area contributed by atoms with Gasteiger partial charge in [0.1, 0.15) is 0 Å². The molecule has 0 aliphatic rings. The third-order valence-electron chi connectivity index (χ3n) is 4.75. The van der Waals surface area contributed by atoms with E-state index in [0.717, 1.165) is 16.3 Å². The average molecular weight is 361 g/mol. The summed E-state index contributed by atoms with van der Waals surface area (Å²) in [5, 5.41) is 4.64. The van der Waals surface area contributed by atoms with Gasteiger partial charge in [-0.2, -0.15) is 0 Å². The van der Waals surface area contributed by atoms with Crippen LogP contribution in [-0.2, 0) is 9.53 Å². The number of benzene rings is 3. The van der Waals surface area contributed by atoms with E-state index < -0.39 is 5.97 Å². The van der Waals surface area contributed by atoms with Gasteiger partial charge in [0.05, 0.1) is 11.6 Å². The Labute approximate surface area is 159 Å². The molecule has 3 aromatic rings. The van der Waals surface area contributed by atoms with Gasteiger partial charge in [0, 0.05) is 0 Å². The maximum absolute atomic E-state index is 12.4. The molecule has 4 heteroatoms. The van der Waals surface area contributed by atoms with E-state index in [1.807, 2.05) is 56.3 Å². The maximum atomic E-state index is 12.4. The van der Waals surface area contributed by atoms with Gasteiger partial charge in [-0.05, 0) is 54.3 Å². The van der Waals surface area contributed by atoms with E-state index >= 15 is 0 Å². The minimum Gasteiger partial charge on any atom is -0.452 e. The van der Waals surface area contributed by atoms with Crippen molar-refractivity contribution in [3.05, 3.63) is 82.9 Å². The quantitative estimate of drug-likeness (QED) is 0.681. The zero-order valence-electron chi connectivity index (χ0n) is 15.8. The summed E-state index contributed by atoms with van der Waals surface area (Å²) in [4.78, 5) is 24.6. The number of hydrogen-bond acceptors (Lipinski definition) is 3. The maximum Gasteiger partial charge on any atom is 0.339 e. The molecule has 1 N–H and O–H groups in total. The molecule has 0 fully saturated rings. The van der Waals surface area contributed by atoms with Gasteiger partial charge in [-0.25, -0.2) is 4.79 Å². The van der Waals surface area contributed by atoms with Crippen molar-refractivity contribution in [3.8, 4) is 0 Å². The van der Waals surface area contributed by atoms with Gasteiger partial charge in [-0.1, -0.05) is 54.6 Å². The molecular formula is C23H23NO3. The van der Waals surface area contributed by atoms with Gasteiger partial charge in [0.25, 0.3) is 5.91 Å². The largest absolute Gasteiger partial charge is 0.452 e. The molecule has 0 aliphatic heterocycles. The van der Waals surface area contributed by atoms with Crippen molar-refractivity contribution in [1.29, 1.82) is 0 Å². The van der Waals surface area contributed by atoms with Crippen LogP contribution in [0.25, 0.3) is 10.8 Å². The Bertz CT molecular complexity index is 989. The van der Waals surface area contributed by atoms with Crippen molar-refractivity contribution in [2.24, 2.45) is 0 Å². The van der Waals surface area contributed by atoms with E-state index in [0.29, 0.717) is 5.56 Å². The van der Waals surface area contributed by atoms with Gasteiger partial charge in [-0.3, -0.25) is 4.79 Å². The highest BCUT2D eigenvalue weighted by atomic mass is 16.5. The van der Waals surface area contributed by atoms with Crippen molar-refractivity contribution >= 4 is 22.6 Å². The second-order valence-electron chi connectivity index (χ2n) is 6.74. The zero-order valence-corrected chi connectivity index (χ0v) is 15.8. The Balaban J connectivity index is 1.61. The lowest BCUT2D eigenvalue weighted by atomic mass is 10.0. The summed E-state index contributed by atoms with van der Waals surface area (Å²) < 4.78 is 5.23. The number of rotatable bonds is 5. The number of hydrogen-bond donors (Lipinski definition) is 1. The molecular weight excluding hydrogens is 338 g/mol. The van der Waals surface area contributed by atoms with Crippen LogP contribution >= 0.6 is 0 Å². The standard InChI is InChI=1S/C23H23NO3/c1-15-11-12-19(13-16(15)2)17(3)24-22(25)14-27-23(26)21-10-6-8-18-7-4-5-9-20(18)21/h4-13,17H,14H2,1-3H3,(H,24,25)/t17-/m1/s1. The Morgan fingerprint density at radius 3 is 2.48 bits per heavy atom. The number of carbonyl (C=O) groups is 2. The van der Waals surface area contributed by atoms with Crippen LogP contribution in [0.2, 0.25) is 0 Å². The second kappa shape index (κ2) is 8.04. The summed E-state index contributed by atoms with van der Waals surface area (Å²) in [5.41, 5.74) is 3.87. The van der Waals surface area contributed by atoms with E-state index in [1.165, 1.54) is 11.1 Å². The molecule has 0 bridgehead atoms. The van der Waals surface area contributed by atoms with Crippen LogP contribution in [0.3, 0.4) is 0 Å². The number of esters is 1. The molecule has 1 atom stereocenters. The zero-order chi connectivity index (χ0) is 19.4. The molecule has 138 valence electrons. The Kier molecular flexibility index (Phi) is 5.55. The summed E-state index contributed by atoms with van der Waals surface area (Å²) >= 11 is 0. The van der Waals surface area contributed by atoms with E-state index in [2.05, 4.69) is 18.3 Å². The van der Waals surface area contributed by atoms with E-state index in [4.69, 9.17) is 4.74 Å². The normalized spacial score (nSPS) is 11.8. The SMILES string of the molecule is Cc1ccc([C@@H](C)NC(=O)COC(=O)c2cccc3ccccc23)cc1C. The van der Waals surface area contributed by atoms with Crippen LogP contribution in [0.15, 0.2) is 60.7 Å². The van der Waals surface area contributed by atoms with Gasteiger partial charge in [0.15, 0.2) is 6.61 Å². The highest BCUT2D eigenvalue weighted by Crippen LogP contribution is 2.19. The smallest absolute Gasteiger partial charge is 0.339 e. The van der Waals surface area contributed by atoms with Crippen LogP contribution in [0.4, 0.5) is 0 Å². The fraction of sp³-hybridized carbons (Fsp3) is 0.217. The van der Waals surface area contributed by atoms with E-state index in [1.54, 1.807) is 12.1 Å². The third-order valence-corrected chi connectivity index (χ3v) is 4.75. The lowest BCUT2D eigenvalue weighted by molar-refractivity contribution is -0.124. The average Bonchev–Trinajstić information content (AvgIpc) is 2.67. The van der Waals surface area contributed by atoms with Crippen LogP contribution < -0.4 is 5.32 Å². The highest BCUT2D eigenvalue weighted by molar-refractivity contribution is 6.04. The van der Waals surface area contributed by atoms with E-state index in [9.17, 15) is 9.59 Å². The first-order chi connectivity index (χ1) is 13.0. The molecule has 0 aliphatic carbocycles. The van der Waals surface area contributed by atoms with Crippen molar-refractivity contribution in [3.63, 3.8) is 0 Å². The lowest BCUT2D eigenvalue weighted by Crippen LogP contribution is -2.31. The summed E-state index contributed by atoms with van der Waals surface area (Å²) in [7, 11) is 0. The minimum atomic E-state index is -0.499. The lowest BCUT2D eigenvalue weighted by Gasteiger charge is -2.16. The number of aryl methyl sites for hydroxylation is 2. The number of carbonyl (C=O) groups excluding carboxylic acids is 2. The monoisotopic (exact) mass is 361 g/mol. The fourth-order valence-corrected chi connectivity index (χ4v) is 3.01. The molecule has 3 rings (SSSR count). The third kappa shape index (κ3) is 4.34. The van der Waals surface area contributed by atoms with Crippen LogP contribution in [-0.4, -0.2) is 18.5 Å². The van der Waals surface area contributed by atoms with Crippen molar-refractivity contribution in [1.82, 2.24) is 5.32 Å². The first-order valence-corrected chi connectivity index (χ1v) is 8.97. The van der Waals surface area contributed by atoms with Crippen molar-refractivity contribution in [2.45, 2.75) is 26.8 Å². The fourth-order valence-electron chi connectivity index (χ4n) is 3.01. The molecule has 27 heavy (non-hydrogen) atoms. The van der Waals surface area contributed by atoms with Crippen molar-refractivity contribution in [2.75, 3.05) is 6.61 Å². The first kappa shape index (κ1) is 18.6. The van der Waals surface area contributed by atoms with Crippen molar-refractivity contribution < 1.29 is 14.3 Å². The summed E-state index contributed by atoms with van der Waals surface area (Å²) in [5.74, 6) is -0.824. The molecule has 0 unspecified atom stereocenters. The topological polar surface area (TPSA) is 55.4 Å². The van der Waals surface area contributed by atoms with Gasteiger partial charge >= 0.3 is 5.97 Å². The first-order valence-electron chi connectivity index (χ1n) is 8.97. The number of nitrogens with one attached hydrogen (secondary N) is 1. The number of amides is 1. The molecule has 4 nitrogen and oxygen atoms in total.